The van der Waals surface area contributed by atoms with Gasteiger partial charge in [0.05, 0.1) is 5.56 Å². The standard InChI is InChI=1S/C17H15NO2S/c1-11-17(16(20)8-6-13-4-3-9-21-13)14-10-12(19)5-7-15(14)18(11)2/h3-10,19H,1-2H3. The fourth-order valence-corrected chi connectivity index (χ4v) is 3.12. The second-order valence-corrected chi connectivity index (χ2v) is 5.91. The van der Waals surface area contributed by atoms with E-state index in [4.69, 9.17) is 0 Å². The van der Waals surface area contributed by atoms with Crippen LogP contribution in [0.4, 0.5) is 0 Å². The second-order valence-electron chi connectivity index (χ2n) is 4.93. The van der Waals surface area contributed by atoms with E-state index in [0.29, 0.717) is 5.56 Å². The van der Waals surface area contributed by atoms with Crippen LogP contribution in [0, 0.1) is 6.92 Å². The number of benzene rings is 1. The minimum Gasteiger partial charge on any atom is -0.508 e. The number of carbonyl (C=O) groups is 1. The molecule has 21 heavy (non-hydrogen) atoms. The van der Waals surface area contributed by atoms with E-state index in [-0.39, 0.29) is 11.5 Å². The minimum absolute atomic E-state index is 0.0444. The van der Waals surface area contributed by atoms with E-state index in [0.717, 1.165) is 21.5 Å². The summed E-state index contributed by atoms with van der Waals surface area (Å²) in [5.74, 6) is 0.126. The number of phenols is 1. The Morgan fingerprint density at radius 1 is 1.33 bits per heavy atom. The van der Waals surface area contributed by atoms with Gasteiger partial charge in [-0.2, -0.15) is 0 Å². The van der Waals surface area contributed by atoms with E-state index in [1.165, 1.54) is 0 Å². The molecule has 0 radical (unpaired) electrons. The monoisotopic (exact) mass is 297 g/mol. The van der Waals surface area contributed by atoms with Crippen molar-refractivity contribution >= 4 is 34.1 Å². The minimum atomic E-state index is -0.0444. The van der Waals surface area contributed by atoms with E-state index in [1.54, 1.807) is 29.5 Å². The van der Waals surface area contributed by atoms with E-state index in [2.05, 4.69) is 0 Å². The Morgan fingerprint density at radius 2 is 2.14 bits per heavy atom. The number of ketones is 1. The lowest BCUT2D eigenvalue weighted by Gasteiger charge is -1.98. The predicted octanol–water partition coefficient (Wildman–Crippen LogP) is 4.15. The molecule has 0 aliphatic rings. The number of nitrogens with zero attached hydrogens (tertiary/aromatic N) is 1. The highest BCUT2D eigenvalue weighted by molar-refractivity contribution is 7.10. The number of phenolic OH excluding ortho intramolecular Hbond substituents is 1. The van der Waals surface area contributed by atoms with Gasteiger partial charge in [-0.15, -0.1) is 11.3 Å². The number of aromatic hydroxyl groups is 1. The Morgan fingerprint density at radius 3 is 2.86 bits per heavy atom. The highest BCUT2D eigenvalue weighted by Gasteiger charge is 2.17. The molecule has 0 saturated carbocycles. The molecule has 0 unspecified atom stereocenters. The number of carbonyl (C=O) groups excluding carboxylic acids is 1. The average molecular weight is 297 g/mol. The first kappa shape index (κ1) is 13.6. The molecule has 106 valence electrons. The molecule has 0 spiro atoms. The summed E-state index contributed by atoms with van der Waals surface area (Å²) < 4.78 is 1.97. The van der Waals surface area contributed by atoms with Crippen molar-refractivity contribution in [3.05, 3.63) is 57.9 Å². The summed E-state index contributed by atoms with van der Waals surface area (Å²) in [4.78, 5) is 13.6. The Labute approximate surface area is 126 Å². The molecule has 0 bridgehead atoms. The fourth-order valence-electron chi connectivity index (χ4n) is 2.50. The van der Waals surface area contributed by atoms with Crippen molar-refractivity contribution in [3.8, 4) is 5.75 Å². The Kier molecular flexibility index (Phi) is 3.39. The van der Waals surface area contributed by atoms with Gasteiger partial charge in [0, 0.05) is 28.5 Å². The van der Waals surface area contributed by atoms with Crippen LogP contribution in [0.3, 0.4) is 0 Å². The number of hydrogen-bond acceptors (Lipinski definition) is 3. The SMILES string of the molecule is Cc1c(C(=O)C=Cc2cccs2)c2cc(O)ccc2n1C. The van der Waals surface area contributed by atoms with Gasteiger partial charge in [0.2, 0.25) is 0 Å². The number of rotatable bonds is 3. The van der Waals surface area contributed by atoms with Gasteiger partial charge in [-0.05, 0) is 48.7 Å². The molecule has 3 aromatic rings. The largest absolute Gasteiger partial charge is 0.508 e. The lowest BCUT2D eigenvalue weighted by Crippen LogP contribution is -1.98. The summed E-state index contributed by atoms with van der Waals surface area (Å²) in [5, 5.41) is 12.4. The van der Waals surface area contributed by atoms with Gasteiger partial charge >= 0.3 is 0 Å². The van der Waals surface area contributed by atoms with Crippen LogP contribution in [0.2, 0.25) is 0 Å². The molecule has 4 heteroatoms. The molecule has 3 nitrogen and oxygen atoms in total. The van der Waals surface area contributed by atoms with Crippen LogP contribution in [-0.4, -0.2) is 15.5 Å². The van der Waals surface area contributed by atoms with Crippen LogP contribution in [0.5, 0.6) is 5.75 Å². The van der Waals surface area contributed by atoms with Crippen molar-refractivity contribution in [1.82, 2.24) is 4.57 Å². The van der Waals surface area contributed by atoms with Crippen molar-refractivity contribution in [2.45, 2.75) is 6.92 Å². The lowest BCUT2D eigenvalue weighted by atomic mass is 10.1. The summed E-state index contributed by atoms with van der Waals surface area (Å²) in [6.45, 7) is 1.92. The van der Waals surface area contributed by atoms with Crippen LogP contribution < -0.4 is 0 Å². The highest BCUT2D eigenvalue weighted by Crippen LogP contribution is 2.29. The summed E-state index contributed by atoms with van der Waals surface area (Å²) >= 11 is 1.59. The van der Waals surface area contributed by atoms with Gasteiger partial charge in [-0.3, -0.25) is 4.79 Å². The third-order valence-corrected chi connectivity index (χ3v) is 4.50. The van der Waals surface area contributed by atoms with Gasteiger partial charge in [-0.1, -0.05) is 6.07 Å². The number of aryl methyl sites for hydroxylation is 1. The van der Waals surface area contributed by atoms with Crippen molar-refractivity contribution in [3.63, 3.8) is 0 Å². The number of thiophene rings is 1. The molecule has 0 saturated heterocycles. The van der Waals surface area contributed by atoms with Gasteiger partial charge in [0.1, 0.15) is 5.75 Å². The van der Waals surface area contributed by atoms with E-state index >= 15 is 0 Å². The Balaban J connectivity index is 2.09. The van der Waals surface area contributed by atoms with E-state index in [9.17, 15) is 9.90 Å². The maximum absolute atomic E-state index is 12.5. The summed E-state index contributed by atoms with van der Waals surface area (Å²) in [7, 11) is 1.93. The molecule has 2 aromatic heterocycles. The molecule has 0 fully saturated rings. The lowest BCUT2D eigenvalue weighted by molar-refractivity contribution is 0.104. The van der Waals surface area contributed by atoms with Crippen molar-refractivity contribution in [2.24, 2.45) is 7.05 Å². The molecule has 0 atom stereocenters. The molecule has 0 aliphatic carbocycles. The third kappa shape index (κ3) is 2.38. The van der Waals surface area contributed by atoms with Crippen molar-refractivity contribution in [2.75, 3.05) is 0 Å². The second kappa shape index (κ2) is 5.22. The van der Waals surface area contributed by atoms with Crippen LogP contribution in [0.15, 0.2) is 41.8 Å². The smallest absolute Gasteiger partial charge is 0.188 e. The first-order valence-electron chi connectivity index (χ1n) is 6.62. The zero-order valence-electron chi connectivity index (χ0n) is 11.8. The van der Waals surface area contributed by atoms with E-state index in [1.807, 2.05) is 48.2 Å². The average Bonchev–Trinajstić information content (AvgIpc) is 3.05. The first-order chi connectivity index (χ1) is 10.1. The fraction of sp³-hybridized carbons (Fsp3) is 0.118. The summed E-state index contributed by atoms with van der Waals surface area (Å²) in [6, 6.07) is 9.04. The molecule has 1 aromatic carbocycles. The Hall–Kier alpha value is -2.33. The maximum atomic E-state index is 12.5. The van der Waals surface area contributed by atoms with Gasteiger partial charge in [0.15, 0.2) is 5.78 Å². The predicted molar refractivity (Wildman–Crippen MR) is 87.0 cm³/mol. The summed E-state index contributed by atoms with van der Waals surface area (Å²) in [5.41, 5.74) is 2.49. The highest BCUT2D eigenvalue weighted by atomic mass is 32.1. The molecule has 0 amide bonds. The normalized spacial score (nSPS) is 11.5. The van der Waals surface area contributed by atoms with Crippen LogP contribution >= 0.6 is 11.3 Å². The zero-order chi connectivity index (χ0) is 15.0. The zero-order valence-corrected chi connectivity index (χ0v) is 12.6. The van der Waals surface area contributed by atoms with E-state index < -0.39 is 0 Å². The van der Waals surface area contributed by atoms with Gasteiger partial charge in [-0.25, -0.2) is 0 Å². The Bertz CT molecular complexity index is 841. The molecule has 2 heterocycles. The number of aromatic nitrogens is 1. The van der Waals surface area contributed by atoms with Crippen LogP contribution in [0.25, 0.3) is 17.0 Å². The van der Waals surface area contributed by atoms with Crippen LogP contribution in [-0.2, 0) is 7.05 Å². The first-order valence-corrected chi connectivity index (χ1v) is 7.50. The quantitative estimate of drug-likeness (QED) is 0.583. The number of allylic oxidation sites excluding steroid dienone is 1. The number of hydrogen-bond donors (Lipinski definition) is 1. The van der Waals surface area contributed by atoms with Crippen molar-refractivity contribution in [1.29, 1.82) is 0 Å². The summed E-state index contributed by atoms with van der Waals surface area (Å²) in [6.07, 6.45) is 3.42. The van der Waals surface area contributed by atoms with Crippen LogP contribution in [0.1, 0.15) is 20.9 Å². The molecule has 0 aliphatic heterocycles. The van der Waals surface area contributed by atoms with Gasteiger partial charge in [0.25, 0.3) is 0 Å². The van der Waals surface area contributed by atoms with Crippen molar-refractivity contribution < 1.29 is 9.90 Å². The number of fused-ring (bicyclic) bond motifs is 1. The molecule has 1 N–H and O–H groups in total. The third-order valence-electron chi connectivity index (χ3n) is 3.66. The molecular weight excluding hydrogens is 282 g/mol. The molecule has 3 rings (SSSR count). The topological polar surface area (TPSA) is 42.2 Å². The molecular formula is C17H15NO2S. The van der Waals surface area contributed by atoms with Gasteiger partial charge < -0.3 is 9.67 Å². The maximum Gasteiger partial charge on any atom is 0.188 e.